The SMILES string of the molecule is CC(C)OCCN(C)C(C)(CN)Cc1cccc(F)c1. The van der Waals surface area contributed by atoms with Crippen molar-refractivity contribution in [3.8, 4) is 0 Å². The summed E-state index contributed by atoms with van der Waals surface area (Å²) >= 11 is 0. The molecule has 0 bridgehead atoms. The van der Waals surface area contributed by atoms with E-state index in [1.165, 1.54) is 6.07 Å². The van der Waals surface area contributed by atoms with Crippen molar-refractivity contribution in [2.75, 3.05) is 26.7 Å². The first-order chi connectivity index (χ1) is 9.37. The van der Waals surface area contributed by atoms with Crippen LogP contribution >= 0.6 is 0 Å². The summed E-state index contributed by atoms with van der Waals surface area (Å²) in [5.41, 5.74) is 6.72. The number of rotatable bonds is 8. The Kier molecular flexibility index (Phi) is 6.59. The molecule has 4 heteroatoms. The second kappa shape index (κ2) is 7.72. The molecule has 0 radical (unpaired) electrons. The lowest BCUT2D eigenvalue weighted by Crippen LogP contribution is -2.52. The Balaban J connectivity index is 2.65. The van der Waals surface area contributed by atoms with Gasteiger partial charge >= 0.3 is 0 Å². The lowest BCUT2D eigenvalue weighted by atomic mass is 9.91. The van der Waals surface area contributed by atoms with Crippen LogP contribution in [0.4, 0.5) is 4.39 Å². The zero-order valence-corrected chi connectivity index (χ0v) is 13.0. The number of benzene rings is 1. The van der Waals surface area contributed by atoms with Crippen LogP contribution in [0.25, 0.3) is 0 Å². The molecule has 0 amide bonds. The number of nitrogens with two attached hydrogens (primary N) is 1. The van der Waals surface area contributed by atoms with Crippen LogP contribution < -0.4 is 5.73 Å². The number of nitrogens with zero attached hydrogens (tertiary/aromatic N) is 1. The topological polar surface area (TPSA) is 38.5 Å². The fourth-order valence-electron chi connectivity index (χ4n) is 2.14. The highest BCUT2D eigenvalue weighted by molar-refractivity contribution is 5.19. The maximum atomic E-state index is 13.3. The van der Waals surface area contributed by atoms with Crippen LogP contribution in [-0.2, 0) is 11.2 Å². The van der Waals surface area contributed by atoms with Gasteiger partial charge in [-0.25, -0.2) is 4.39 Å². The van der Waals surface area contributed by atoms with Crippen LogP contribution in [0.1, 0.15) is 26.3 Å². The van der Waals surface area contributed by atoms with Crippen LogP contribution in [0.3, 0.4) is 0 Å². The van der Waals surface area contributed by atoms with Crippen molar-refractivity contribution in [2.24, 2.45) is 5.73 Å². The van der Waals surface area contributed by atoms with Crippen LogP contribution in [-0.4, -0.2) is 43.3 Å². The van der Waals surface area contributed by atoms with Gasteiger partial charge in [-0.3, -0.25) is 4.90 Å². The average Bonchev–Trinajstić information content (AvgIpc) is 2.38. The molecule has 0 saturated heterocycles. The lowest BCUT2D eigenvalue weighted by molar-refractivity contribution is 0.0394. The Labute approximate surface area is 121 Å². The predicted molar refractivity (Wildman–Crippen MR) is 81.3 cm³/mol. The lowest BCUT2D eigenvalue weighted by Gasteiger charge is -2.38. The fraction of sp³-hybridized carbons (Fsp3) is 0.625. The van der Waals surface area contributed by atoms with Gasteiger partial charge in [0, 0.05) is 18.6 Å². The van der Waals surface area contributed by atoms with E-state index in [1.807, 2.05) is 27.0 Å². The normalized spacial score (nSPS) is 14.8. The minimum atomic E-state index is -0.201. The molecule has 3 nitrogen and oxygen atoms in total. The van der Waals surface area contributed by atoms with E-state index < -0.39 is 0 Å². The van der Waals surface area contributed by atoms with E-state index in [4.69, 9.17) is 10.5 Å². The zero-order valence-electron chi connectivity index (χ0n) is 13.0. The number of hydrogen-bond acceptors (Lipinski definition) is 3. The minimum absolute atomic E-state index is 0.200. The summed E-state index contributed by atoms with van der Waals surface area (Å²) in [6.45, 7) is 8.15. The molecule has 0 aliphatic rings. The molecule has 0 aliphatic heterocycles. The summed E-state index contributed by atoms with van der Waals surface area (Å²) in [6.07, 6.45) is 0.954. The van der Waals surface area contributed by atoms with Crippen molar-refractivity contribution in [1.82, 2.24) is 4.90 Å². The Bertz CT molecular complexity index is 411. The smallest absolute Gasteiger partial charge is 0.123 e. The molecule has 114 valence electrons. The van der Waals surface area contributed by atoms with Gasteiger partial charge in [-0.05, 0) is 51.9 Å². The summed E-state index contributed by atoms with van der Waals surface area (Å²) in [7, 11) is 2.04. The minimum Gasteiger partial charge on any atom is -0.377 e. The zero-order chi connectivity index (χ0) is 15.2. The maximum absolute atomic E-state index is 13.3. The first kappa shape index (κ1) is 17.1. The molecular formula is C16H27FN2O. The van der Waals surface area contributed by atoms with E-state index in [-0.39, 0.29) is 17.5 Å². The van der Waals surface area contributed by atoms with Gasteiger partial charge < -0.3 is 10.5 Å². The number of likely N-dealkylation sites (N-methyl/N-ethyl adjacent to an activating group) is 1. The van der Waals surface area contributed by atoms with Crippen molar-refractivity contribution in [3.05, 3.63) is 35.6 Å². The molecule has 1 aromatic carbocycles. The molecule has 1 atom stereocenters. The number of halogens is 1. The van der Waals surface area contributed by atoms with Gasteiger partial charge in [-0.15, -0.1) is 0 Å². The third-order valence-corrected chi connectivity index (χ3v) is 3.71. The molecule has 20 heavy (non-hydrogen) atoms. The molecule has 2 N–H and O–H groups in total. The second-order valence-electron chi connectivity index (χ2n) is 5.85. The quantitative estimate of drug-likeness (QED) is 0.796. The molecule has 0 aliphatic carbocycles. The second-order valence-corrected chi connectivity index (χ2v) is 5.85. The van der Waals surface area contributed by atoms with Gasteiger partial charge in [0.05, 0.1) is 12.7 Å². The Morgan fingerprint density at radius 1 is 1.40 bits per heavy atom. The summed E-state index contributed by atoms with van der Waals surface area (Å²) in [5.74, 6) is -0.201. The Morgan fingerprint density at radius 2 is 2.10 bits per heavy atom. The monoisotopic (exact) mass is 282 g/mol. The van der Waals surface area contributed by atoms with Crippen LogP contribution in [0.2, 0.25) is 0 Å². The van der Waals surface area contributed by atoms with Gasteiger partial charge in [-0.2, -0.15) is 0 Å². The molecule has 1 rings (SSSR count). The molecule has 0 saturated carbocycles. The van der Waals surface area contributed by atoms with Crippen molar-refractivity contribution in [1.29, 1.82) is 0 Å². The molecule has 1 aromatic rings. The summed E-state index contributed by atoms with van der Waals surface area (Å²) in [4.78, 5) is 2.19. The molecule has 0 fully saturated rings. The summed E-state index contributed by atoms with van der Waals surface area (Å²) < 4.78 is 18.9. The molecule has 0 aromatic heterocycles. The Hall–Kier alpha value is -0.970. The average molecular weight is 282 g/mol. The first-order valence-corrected chi connectivity index (χ1v) is 7.15. The summed E-state index contributed by atoms with van der Waals surface area (Å²) in [6, 6.07) is 6.72. The molecule has 0 spiro atoms. The molecular weight excluding hydrogens is 255 g/mol. The first-order valence-electron chi connectivity index (χ1n) is 7.15. The highest BCUT2D eigenvalue weighted by atomic mass is 19.1. The van der Waals surface area contributed by atoms with Crippen LogP contribution in [0.15, 0.2) is 24.3 Å². The van der Waals surface area contributed by atoms with E-state index in [0.29, 0.717) is 13.2 Å². The predicted octanol–water partition coefficient (Wildman–Crippen LogP) is 2.44. The highest BCUT2D eigenvalue weighted by Crippen LogP contribution is 2.19. The standard InChI is InChI=1S/C16H27FN2O/c1-13(2)20-9-8-19(4)16(3,12-18)11-14-6-5-7-15(17)10-14/h5-7,10,13H,8-9,11-12,18H2,1-4H3. The maximum Gasteiger partial charge on any atom is 0.123 e. The largest absolute Gasteiger partial charge is 0.377 e. The van der Waals surface area contributed by atoms with Gasteiger partial charge in [-0.1, -0.05) is 12.1 Å². The van der Waals surface area contributed by atoms with Crippen molar-refractivity contribution in [2.45, 2.75) is 38.8 Å². The number of hydrogen-bond donors (Lipinski definition) is 1. The van der Waals surface area contributed by atoms with Crippen LogP contribution in [0, 0.1) is 5.82 Å². The summed E-state index contributed by atoms with van der Waals surface area (Å²) in [5, 5.41) is 0. The van der Waals surface area contributed by atoms with Gasteiger partial charge in [0.2, 0.25) is 0 Å². The molecule has 0 heterocycles. The van der Waals surface area contributed by atoms with Gasteiger partial charge in [0.15, 0.2) is 0 Å². The van der Waals surface area contributed by atoms with E-state index in [9.17, 15) is 4.39 Å². The van der Waals surface area contributed by atoms with Crippen molar-refractivity contribution >= 4 is 0 Å². The van der Waals surface area contributed by atoms with Crippen LogP contribution in [0.5, 0.6) is 0 Å². The third kappa shape index (κ3) is 5.19. The van der Waals surface area contributed by atoms with E-state index in [2.05, 4.69) is 11.8 Å². The third-order valence-electron chi connectivity index (χ3n) is 3.71. The van der Waals surface area contributed by atoms with Crippen molar-refractivity contribution < 1.29 is 9.13 Å². The van der Waals surface area contributed by atoms with Crippen molar-refractivity contribution in [3.63, 3.8) is 0 Å². The Morgan fingerprint density at radius 3 is 2.65 bits per heavy atom. The van der Waals surface area contributed by atoms with E-state index in [1.54, 1.807) is 12.1 Å². The van der Waals surface area contributed by atoms with Gasteiger partial charge in [0.25, 0.3) is 0 Å². The fourth-order valence-corrected chi connectivity index (χ4v) is 2.14. The molecule has 1 unspecified atom stereocenters. The van der Waals surface area contributed by atoms with E-state index in [0.717, 1.165) is 18.5 Å². The highest BCUT2D eigenvalue weighted by Gasteiger charge is 2.28. The van der Waals surface area contributed by atoms with E-state index >= 15 is 0 Å². The van der Waals surface area contributed by atoms with Gasteiger partial charge in [0.1, 0.15) is 5.82 Å². The number of ether oxygens (including phenoxy) is 1.